The van der Waals surface area contributed by atoms with Crippen molar-refractivity contribution in [1.29, 1.82) is 0 Å². The minimum atomic E-state index is 0.139. The third-order valence-electron chi connectivity index (χ3n) is 3.61. The average molecular weight is 302 g/mol. The lowest BCUT2D eigenvalue weighted by atomic mass is 10.0. The van der Waals surface area contributed by atoms with Gasteiger partial charge in [-0.05, 0) is 12.8 Å². The second-order valence-electron chi connectivity index (χ2n) is 5.06. The summed E-state index contributed by atoms with van der Waals surface area (Å²) in [7, 11) is 0. The fraction of sp³-hybridized carbons (Fsp3) is 0.412. The molecule has 2 rings (SSSR count). The van der Waals surface area contributed by atoms with Crippen LogP contribution in [0, 0.1) is 5.92 Å². The zero-order valence-electron chi connectivity index (χ0n) is 12.6. The van der Waals surface area contributed by atoms with Crippen LogP contribution in [0.4, 0.5) is 0 Å². The Morgan fingerprint density at radius 3 is 2.62 bits per heavy atom. The highest BCUT2D eigenvalue weighted by atomic mass is 32.1. The van der Waals surface area contributed by atoms with Crippen LogP contribution in [0.1, 0.15) is 32.4 Å². The normalized spacial score (nSPS) is 10.8. The Hall–Kier alpha value is -1.68. The topological polar surface area (TPSA) is 42.0 Å². The molecule has 1 aromatic carbocycles. The number of amides is 1. The van der Waals surface area contributed by atoms with E-state index in [0.717, 1.165) is 35.5 Å². The highest BCUT2D eigenvalue weighted by molar-refractivity contribution is 7.13. The summed E-state index contributed by atoms with van der Waals surface area (Å²) in [5, 5.41) is 6.12. The van der Waals surface area contributed by atoms with Gasteiger partial charge in [0.05, 0.1) is 5.69 Å². The van der Waals surface area contributed by atoms with Crippen molar-refractivity contribution in [2.24, 2.45) is 5.92 Å². The summed E-state index contributed by atoms with van der Waals surface area (Å²) in [4.78, 5) is 16.5. The number of hydrogen-bond acceptors (Lipinski definition) is 3. The number of carbonyl (C=O) groups excluding carboxylic acids is 1. The molecule has 0 saturated heterocycles. The zero-order chi connectivity index (χ0) is 15.1. The van der Waals surface area contributed by atoms with E-state index in [1.807, 2.05) is 18.2 Å². The first kappa shape index (κ1) is 15.7. The molecule has 0 saturated carbocycles. The minimum Gasteiger partial charge on any atom is -0.355 e. The molecule has 1 heterocycles. The van der Waals surface area contributed by atoms with Gasteiger partial charge in [-0.3, -0.25) is 4.79 Å². The molecule has 4 heteroatoms. The quantitative estimate of drug-likeness (QED) is 0.842. The van der Waals surface area contributed by atoms with E-state index < -0.39 is 0 Å². The van der Waals surface area contributed by atoms with E-state index in [2.05, 4.69) is 41.7 Å². The van der Waals surface area contributed by atoms with Crippen molar-refractivity contribution in [3.63, 3.8) is 0 Å². The van der Waals surface area contributed by atoms with Gasteiger partial charge in [-0.15, -0.1) is 11.3 Å². The standard InChI is InChI=1S/C17H22N2OS/c1-3-13(4-2)16(20)18-11-10-15-12-21-17(19-15)14-8-6-5-7-9-14/h5-9,12-13H,3-4,10-11H2,1-2H3,(H,18,20). The van der Waals surface area contributed by atoms with Crippen LogP contribution in [-0.2, 0) is 11.2 Å². The lowest BCUT2D eigenvalue weighted by molar-refractivity contribution is -0.125. The van der Waals surface area contributed by atoms with Gasteiger partial charge in [-0.25, -0.2) is 4.98 Å². The van der Waals surface area contributed by atoms with Crippen molar-refractivity contribution < 1.29 is 4.79 Å². The summed E-state index contributed by atoms with van der Waals surface area (Å²) in [5.74, 6) is 0.304. The van der Waals surface area contributed by atoms with Gasteiger partial charge < -0.3 is 5.32 Å². The van der Waals surface area contributed by atoms with E-state index in [1.54, 1.807) is 11.3 Å². The van der Waals surface area contributed by atoms with Crippen LogP contribution in [0.5, 0.6) is 0 Å². The molecular weight excluding hydrogens is 280 g/mol. The summed E-state index contributed by atoms with van der Waals surface area (Å²) in [5.41, 5.74) is 2.19. The number of aromatic nitrogens is 1. The minimum absolute atomic E-state index is 0.139. The summed E-state index contributed by atoms with van der Waals surface area (Å²) >= 11 is 1.65. The molecule has 0 aliphatic rings. The third-order valence-corrected chi connectivity index (χ3v) is 4.55. The van der Waals surface area contributed by atoms with Crippen LogP contribution in [-0.4, -0.2) is 17.4 Å². The van der Waals surface area contributed by atoms with Crippen molar-refractivity contribution in [2.75, 3.05) is 6.54 Å². The maximum Gasteiger partial charge on any atom is 0.223 e. The van der Waals surface area contributed by atoms with E-state index in [0.29, 0.717) is 6.54 Å². The summed E-state index contributed by atoms with van der Waals surface area (Å²) < 4.78 is 0. The lowest BCUT2D eigenvalue weighted by Crippen LogP contribution is -2.31. The summed E-state index contributed by atoms with van der Waals surface area (Å²) in [6.07, 6.45) is 2.59. The van der Waals surface area contributed by atoms with Crippen LogP contribution in [0.3, 0.4) is 0 Å². The van der Waals surface area contributed by atoms with Gasteiger partial charge in [-0.2, -0.15) is 0 Å². The molecule has 112 valence electrons. The first-order valence-electron chi connectivity index (χ1n) is 7.52. The molecule has 0 unspecified atom stereocenters. The van der Waals surface area contributed by atoms with E-state index in [4.69, 9.17) is 0 Å². The highest BCUT2D eigenvalue weighted by Gasteiger charge is 2.13. The van der Waals surface area contributed by atoms with Crippen LogP contribution in [0.15, 0.2) is 35.7 Å². The summed E-state index contributed by atoms with van der Waals surface area (Å²) in [6.45, 7) is 4.77. The molecule has 0 radical (unpaired) electrons. The number of nitrogens with zero attached hydrogens (tertiary/aromatic N) is 1. The van der Waals surface area contributed by atoms with E-state index >= 15 is 0 Å². The average Bonchev–Trinajstić information content (AvgIpc) is 2.98. The molecule has 0 spiro atoms. The van der Waals surface area contributed by atoms with Gasteiger partial charge in [-0.1, -0.05) is 44.2 Å². The monoisotopic (exact) mass is 302 g/mol. The highest BCUT2D eigenvalue weighted by Crippen LogP contribution is 2.23. The Morgan fingerprint density at radius 1 is 1.24 bits per heavy atom. The maximum atomic E-state index is 11.9. The largest absolute Gasteiger partial charge is 0.355 e. The first-order valence-corrected chi connectivity index (χ1v) is 8.40. The molecule has 21 heavy (non-hydrogen) atoms. The fourth-order valence-electron chi connectivity index (χ4n) is 2.25. The second kappa shape index (κ2) is 7.93. The van der Waals surface area contributed by atoms with Crippen molar-refractivity contribution in [2.45, 2.75) is 33.1 Å². The molecule has 0 aliphatic heterocycles. The Kier molecular flexibility index (Phi) is 5.93. The molecule has 3 nitrogen and oxygen atoms in total. The van der Waals surface area contributed by atoms with Crippen LogP contribution < -0.4 is 5.32 Å². The van der Waals surface area contributed by atoms with Gasteiger partial charge in [0.2, 0.25) is 5.91 Å². The number of benzene rings is 1. The Balaban J connectivity index is 1.85. The van der Waals surface area contributed by atoms with Crippen molar-refractivity contribution in [3.8, 4) is 10.6 Å². The van der Waals surface area contributed by atoms with Gasteiger partial charge in [0.25, 0.3) is 0 Å². The molecule has 1 N–H and O–H groups in total. The molecule has 0 bridgehead atoms. The number of nitrogens with one attached hydrogen (secondary N) is 1. The Labute approximate surface area is 130 Å². The van der Waals surface area contributed by atoms with Crippen LogP contribution in [0.2, 0.25) is 0 Å². The van der Waals surface area contributed by atoms with Crippen LogP contribution in [0.25, 0.3) is 10.6 Å². The van der Waals surface area contributed by atoms with E-state index in [9.17, 15) is 4.79 Å². The predicted molar refractivity (Wildman–Crippen MR) is 88.3 cm³/mol. The summed E-state index contributed by atoms with van der Waals surface area (Å²) in [6, 6.07) is 10.2. The Morgan fingerprint density at radius 2 is 1.95 bits per heavy atom. The van der Waals surface area contributed by atoms with E-state index in [1.165, 1.54) is 0 Å². The predicted octanol–water partition coefficient (Wildman–Crippen LogP) is 3.91. The van der Waals surface area contributed by atoms with Gasteiger partial charge in [0, 0.05) is 29.8 Å². The fourth-order valence-corrected chi connectivity index (χ4v) is 3.11. The Bertz CT molecular complexity index is 561. The first-order chi connectivity index (χ1) is 10.2. The van der Waals surface area contributed by atoms with Crippen molar-refractivity contribution in [1.82, 2.24) is 10.3 Å². The molecule has 0 atom stereocenters. The number of carbonyl (C=O) groups is 1. The second-order valence-corrected chi connectivity index (χ2v) is 5.92. The zero-order valence-corrected chi connectivity index (χ0v) is 13.5. The molecular formula is C17H22N2OS. The maximum absolute atomic E-state index is 11.9. The molecule has 0 fully saturated rings. The van der Waals surface area contributed by atoms with Crippen LogP contribution >= 0.6 is 11.3 Å². The van der Waals surface area contributed by atoms with E-state index in [-0.39, 0.29) is 11.8 Å². The van der Waals surface area contributed by atoms with Gasteiger partial charge in [0.15, 0.2) is 0 Å². The van der Waals surface area contributed by atoms with Crippen molar-refractivity contribution in [3.05, 3.63) is 41.4 Å². The van der Waals surface area contributed by atoms with Crippen molar-refractivity contribution >= 4 is 17.2 Å². The molecule has 0 aliphatic carbocycles. The van der Waals surface area contributed by atoms with Gasteiger partial charge >= 0.3 is 0 Å². The molecule has 1 aromatic heterocycles. The lowest BCUT2D eigenvalue weighted by Gasteiger charge is -2.11. The molecule has 1 amide bonds. The number of rotatable bonds is 7. The number of hydrogen-bond donors (Lipinski definition) is 1. The smallest absolute Gasteiger partial charge is 0.223 e. The third kappa shape index (κ3) is 4.39. The SMILES string of the molecule is CCC(CC)C(=O)NCCc1csc(-c2ccccc2)n1. The van der Waals surface area contributed by atoms with Gasteiger partial charge in [0.1, 0.15) is 5.01 Å². The molecule has 2 aromatic rings. The number of thiazole rings is 1.